The van der Waals surface area contributed by atoms with Crippen LogP contribution in [-0.4, -0.2) is 9.97 Å². The fourth-order valence-electron chi connectivity index (χ4n) is 6.66. The van der Waals surface area contributed by atoms with E-state index < -0.39 is 0 Å². The molecule has 0 spiro atoms. The number of anilines is 3. The molecule has 50 heavy (non-hydrogen) atoms. The van der Waals surface area contributed by atoms with Gasteiger partial charge in [-0.25, -0.2) is 9.97 Å². The Balaban J connectivity index is 1.30. The minimum Gasteiger partial charge on any atom is -0.456 e. The fraction of sp³-hybridized carbons (Fsp3) is 0. The third-order valence-corrected chi connectivity index (χ3v) is 9.07. The number of fused-ring (bicyclic) bond motifs is 3. The van der Waals surface area contributed by atoms with Crippen LogP contribution in [0.2, 0.25) is 0 Å². The van der Waals surface area contributed by atoms with E-state index in [1.807, 2.05) is 54.6 Å². The third-order valence-electron chi connectivity index (χ3n) is 9.07. The molecule has 0 saturated heterocycles. The lowest BCUT2D eigenvalue weighted by Gasteiger charge is -2.27. The fourth-order valence-corrected chi connectivity index (χ4v) is 6.66. The maximum absolute atomic E-state index is 6.61. The Morgan fingerprint density at radius 3 is 1.58 bits per heavy atom. The SMILES string of the molecule is c1ccc(-c2ccc(N(c3ccccc3)c3cc(-c4cc(-c5ccccc5)nc(-c5ccccc5)n4)cc4oc5ccccc5c34)cc2)cc1. The highest BCUT2D eigenvalue weighted by Gasteiger charge is 2.22. The van der Waals surface area contributed by atoms with Gasteiger partial charge >= 0.3 is 0 Å². The first-order valence-corrected chi connectivity index (χ1v) is 16.7. The molecular weight excluding hydrogens is 611 g/mol. The summed E-state index contributed by atoms with van der Waals surface area (Å²) in [6.45, 7) is 0. The molecule has 0 aliphatic heterocycles. The Hall–Kier alpha value is -6.78. The van der Waals surface area contributed by atoms with Crippen LogP contribution in [0.1, 0.15) is 0 Å². The molecule has 0 N–H and O–H groups in total. The topological polar surface area (TPSA) is 42.2 Å². The number of aromatic nitrogens is 2. The van der Waals surface area contributed by atoms with E-state index in [4.69, 9.17) is 14.4 Å². The Morgan fingerprint density at radius 2 is 0.900 bits per heavy atom. The quantitative estimate of drug-likeness (QED) is 0.174. The zero-order valence-corrected chi connectivity index (χ0v) is 27.1. The number of benzene rings is 7. The Kier molecular flexibility index (Phi) is 7.45. The highest BCUT2D eigenvalue weighted by molar-refractivity contribution is 6.14. The van der Waals surface area contributed by atoms with Crippen LogP contribution in [0.3, 0.4) is 0 Å². The van der Waals surface area contributed by atoms with Gasteiger partial charge in [-0.2, -0.15) is 0 Å². The Bertz CT molecular complexity index is 2510. The van der Waals surface area contributed by atoms with Crippen molar-refractivity contribution in [3.05, 3.63) is 188 Å². The monoisotopic (exact) mass is 641 g/mol. The smallest absolute Gasteiger partial charge is 0.160 e. The molecule has 0 atom stereocenters. The lowest BCUT2D eigenvalue weighted by Crippen LogP contribution is -2.10. The van der Waals surface area contributed by atoms with Crippen LogP contribution in [0, 0.1) is 0 Å². The average Bonchev–Trinajstić information content (AvgIpc) is 3.58. The van der Waals surface area contributed by atoms with E-state index in [1.165, 1.54) is 5.56 Å². The Morgan fingerprint density at radius 1 is 0.380 bits per heavy atom. The van der Waals surface area contributed by atoms with Crippen molar-refractivity contribution in [1.82, 2.24) is 9.97 Å². The molecule has 9 rings (SSSR count). The van der Waals surface area contributed by atoms with Crippen molar-refractivity contribution in [1.29, 1.82) is 0 Å². The van der Waals surface area contributed by atoms with Crippen molar-refractivity contribution >= 4 is 39.0 Å². The summed E-state index contributed by atoms with van der Waals surface area (Å²) in [6, 6.07) is 64.9. The van der Waals surface area contributed by atoms with Crippen molar-refractivity contribution in [2.75, 3.05) is 4.90 Å². The average molecular weight is 642 g/mol. The van der Waals surface area contributed by atoms with E-state index in [0.717, 1.165) is 72.6 Å². The third kappa shape index (κ3) is 5.49. The molecule has 4 heteroatoms. The number of hydrogen-bond acceptors (Lipinski definition) is 4. The standard InChI is InChI=1S/C46H31N3O/c1-5-15-32(16-6-1)33-25-27-38(28-26-33)49(37-21-11-4-12-22-37)42-29-36(30-44-45(42)39-23-13-14-24-43(39)50-44)41-31-40(34-17-7-2-8-18-34)47-46(48-41)35-19-9-3-10-20-35/h1-31H. The molecule has 0 radical (unpaired) electrons. The number of para-hydroxylation sites is 2. The first-order valence-electron chi connectivity index (χ1n) is 16.7. The second-order valence-corrected chi connectivity index (χ2v) is 12.2. The van der Waals surface area contributed by atoms with E-state index in [-0.39, 0.29) is 0 Å². The second kappa shape index (κ2) is 12.7. The molecule has 0 unspecified atom stereocenters. The summed E-state index contributed by atoms with van der Waals surface area (Å²) >= 11 is 0. The maximum atomic E-state index is 6.61. The summed E-state index contributed by atoms with van der Waals surface area (Å²) in [6.07, 6.45) is 0. The van der Waals surface area contributed by atoms with Gasteiger partial charge in [-0.05, 0) is 59.7 Å². The Labute approximate surface area is 290 Å². The molecule has 7 aromatic carbocycles. The van der Waals surface area contributed by atoms with Gasteiger partial charge in [-0.15, -0.1) is 0 Å². The van der Waals surface area contributed by atoms with Crippen LogP contribution < -0.4 is 4.90 Å². The largest absolute Gasteiger partial charge is 0.456 e. The predicted molar refractivity (Wildman–Crippen MR) is 206 cm³/mol. The summed E-state index contributed by atoms with van der Waals surface area (Å²) < 4.78 is 6.61. The van der Waals surface area contributed by atoms with E-state index >= 15 is 0 Å². The van der Waals surface area contributed by atoms with Crippen LogP contribution in [0.15, 0.2) is 192 Å². The number of nitrogens with zero attached hydrogens (tertiary/aromatic N) is 3. The molecule has 0 bridgehead atoms. The predicted octanol–water partition coefficient (Wildman–Crippen LogP) is 12.5. The molecule has 2 heterocycles. The zero-order chi connectivity index (χ0) is 33.3. The summed E-state index contributed by atoms with van der Waals surface area (Å²) in [5, 5.41) is 2.10. The molecule has 2 aromatic heterocycles. The summed E-state index contributed by atoms with van der Waals surface area (Å²) in [4.78, 5) is 12.5. The van der Waals surface area contributed by atoms with Gasteiger partial charge in [0, 0.05) is 33.5 Å². The molecule has 4 nitrogen and oxygen atoms in total. The van der Waals surface area contributed by atoms with Gasteiger partial charge in [0.15, 0.2) is 5.82 Å². The zero-order valence-electron chi connectivity index (χ0n) is 27.1. The summed E-state index contributed by atoms with van der Waals surface area (Å²) in [5.74, 6) is 0.671. The summed E-state index contributed by atoms with van der Waals surface area (Å²) in [5.41, 5.74) is 11.7. The maximum Gasteiger partial charge on any atom is 0.160 e. The van der Waals surface area contributed by atoms with Crippen molar-refractivity contribution in [3.8, 4) is 45.0 Å². The van der Waals surface area contributed by atoms with Gasteiger partial charge in [-0.1, -0.05) is 140 Å². The molecular formula is C46H31N3O. The van der Waals surface area contributed by atoms with Crippen molar-refractivity contribution in [2.45, 2.75) is 0 Å². The number of rotatable bonds is 7. The molecule has 0 saturated carbocycles. The number of hydrogen-bond donors (Lipinski definition) is 0. The van der Waals surface area contributed by atoms with Gasteiger partial charge in [0.05, 0.1) is 22.5 Å². The van der Waals surface area contributed by atoms with Crippen molar-refractivity contribution < 1.29 is 4.42 Å². The second-order valence-electron chi connectivity index (χ2n) is 12.2. The van der Waals surface area contributed by atoms with Gasteiger partial charge < -0.3 is 9.32 Å². The molecule has 0 fully saturated rings. The van der Waals surface area contributed by atoms with Crippen LogP contribution in [-0.2, 0) is 0 Å². The number of furan rings is 1. The summed E-state index contributed by atoms with van der Waals surface area (Å²) in [7, 11) is 0. The van der Waals surface area contributed by atoms with Crippen molar-refractivity contribution in [2.24, 2.45) is 0 Å². The first kappa shape index (κ1) is 29.4. The van der Waals surface area contributed by atoms with Crippen molar-refractivity contribution in [3.63, 3.8) is 0 Å². The van der Waals surface area contributed by atoms with Gasteiger partial charge in [0.1, 0.15) is 11.2 Å². The van der Waals surface area contributed by atoms with E-state index in [1.54, 1.807) is 0 Å². The highest BCUT2D eigenvalue weighted by atomic mass is 16.3. The molecule has 9 aromatic rings. The van der Waals surface area contributed by atoms with Crippen LogP contribution in [0.5, 0.6) is 0 Å². The molecule has 236 valence electrons. The van der Waals surface area contributed by atoms with E-state index in [9.17, 15) is 0 Å². The van der Waals surface area contributed by atoms with Gasteiger partial charge in [0.2, 0.25) is 0 Å². The normalized spacial score (nSPS) is 11.2. The molecule has 0 aliphatic carbocycles. The molecule has 0 amide bonds. The lowest BCUT2D eigenvalue weighted by atomic mass is 10.0. The van der Waals surface area contributed by atoms with Crippen LogP contribution in [0.25, 0.3) is 67.0 Å². The lowest BCUT2D eigenvalue weighted by molar-refractivity contribution is 0.669. The van der Waals surface area contributed by atoms with E-state index in [2.05, 4.69) is 138 Å². The minimum absolute atomic E-state index is 0.671. The minimum atomic E-state index is 0.671. The van der Waals surface area contributed by atoms with Crippen LogP contribution in [0.4, 0.5) is 17.1 Å². The molecule has 0 aliphatic rings. The van der Waals surface area contributed by atoms with Gasteiger partial charge in [-0.3, -0.25) is 0 Å². The highest BCUT2D eigenvalue weighted by Crippen LogP contribution is 2.45. The van der Waals surface area contributed by atoms with Crippen LogP contribution >= 0.6 is 0 Å². The first-order chi connectivity index (χ1) is 24.8. The van der Waals surface area contributed by atoms with E-state index in [0.29, 0.717) is 5.82 Å². The van der Waals surface area contributed by atoms with Gasteiger partial charge in [0.25, 0.3) is 0 Å².